The van der Waals surface area contributed by atoms with Gasteiger partial charge in [0, 0.05) is 17.2 Å². The number of carbonyl (C=O) groups is 1. The second kappa shape index (κ2) is 10.1. The summed E-state index contributed by atoms with van der Waals surface area (Å²) in [5, 5.41) is 22.7. The zero-order valence-corrected chi connectivity index (χ0v) is 19.6. The van der Waals surface area contributed by atoms with Gasteiger partial charge in [0.15, 0.2) is 11.5 Å². The first-order valence-electron chi connectivity index (χ1n) is 11.1. The fourth-order valence-corrected chi connectivity index (χ4v) is 3.55. The topological polar surface area (TPSA) is 129 Å². The molecule has 2 aromatic carbocycles. The van der Waals surface area contributed by atoms with Crippen molar-refractivity contribution in [3.63, 3.8) is 0 Å². The van der Waals surface area contributed by atoms with Crippen molar-refractivity contribution in [1.29, 1.82) is 0 Å². The molecule has 36 heavy (non-hydrogen) atoms. The Hall–Kier alpha value is -4.93. The molecule has 0 saturated heterocycles. The van der Waals surface area contributed by atoms with Gasteiger partial charge in [-0.1, -0.05) is 12.1 Å². The zero-order chi connectivity index (χ0) is 24.9. The lowest BCUT2D eigenvalue weighted by atomic mass is 10.1. The van der Waals surface area contributed by atoms with Crippen LogP contribution in [0.1, 0.15) is 10.5 Å². The molecule has 2 N–H and O–H groups in total. The molecule has 3 aromatic heterocycles. The quantitative estimate of drug-likeness (QED) is 0.305. The Kier molecular flexibility index (Phi) is 6.43. The highest BCUT2D eigenvalue weighted by atomic mass is 16.5. The number of carbonyl (C=O) groups excluding carboxylic acids is 1. The number of aromatic nitrogens is 6. The summed E-state index contributed by atoms with van der Waals surface area (Å²) in [6.07, 6.45) is 0. The Labute approximate surface area is 206 Å². The molecular weight excluding hydrogens is 462 g/mol. The zero-order valence-electron chi connectivity index (χ0n) is 19.6. The standard InChI is InChI=1S/C25H23N7O4/c1-34-18-8-6-16(7-9-18)24-30-29-22-10-11-23(31-32(22)24)36-13-12-26-25(33)21-15-20(27-28-21)17-4-3-5-19(14-17)35-2/h3-11,14-15H,12-13H2,1-2H3,(H,26,33)(H,27,28). The van der Waals surface area contributed by atoms with Crippen LogP contribution in [0.15, 0.2) is 66.7 Å². The number of nitrogens with one attached hydrogen (secondary N) is 2. The maximum atomic E-state index is 12.5. The number of ether oxygens (including phenoxy) is 3. The Balaban J connectivity index is 1.18. The van der Waals surface area contributed by atoms with E-state index in [1.807, 2.05) is 48.5 Å². The molecule has 5 rings (SSSR count). The molecule has 5 aromatic rings. The average Bonchev–Trinajstić information content (AvgIpc) is 3.59. The van der Waals surface area contributed by atoms with E-state index < -0.39 is 0 Å². The average molecular weight is 486 g/mol. The second-order valence-electron chi connectivity index (χ2n) is 7.70. The van der Waals surface area contributed by atoms with Crippen LogP contribution in [0.25, 0.3) is 28.3 Å². The summed E-state index contributed by atoms with van der Waals surface area (Å²) in [5.41, 5.74) is 3.27. The van der Waals surface area contributed by atoms with E-state index in [0.717, 1.165) is 16.9 Å². The molecule has 3 heterocycles. The lowest BCUT2D eigenvalue weighted by Gasteiger charge is -2.07. The monoisotopic (exact) mass is 485 g/mol. The molecule has 0 fully saturated rings. The molecule has 0 radical (unpaired) electrons. The van der Waals surface area contributed by atoms with Crippen LogP contribution < -0.4 is 19.5 Å². The minimum atomic E-state index is -0.288. The number of rotatable bonds is 9. The molecule has 0 unspecified atom stereocenters. The number of H-pyrrole nitrogens is 1. The SMILES string of the molecule is COc1ccc(-c2nnc3ccc(OCCNC(=O)c4cc(-c5cccc(OC)c5)n[nH]4)nn23)cc1. The number of aromatic amines is 1. The normalized spacial score (nSPS) is 10.8. The van der Waals surface area contributed by atoms with Gasteiger partial charge in [-0.3, -0.25) is 9.89 Å². The third kappa shape index (κ3) is 4.80. The van der Waals surface area contributed by atoms with Crippen molar-refractivity contribution < 1.29 is 19.0 Å². The van der Waals surface area contributed by atoms with Crippen LogP contribution in [0.5, 0.6) is 17.4 Å². The third-order valence-corrected chi connectivity index (χ3v) is 5.41. The summed E-state index contributed by atoms with van der Waals surface area (Å²) in [6.45, 7) is 0.501. The van der Waals surface area contributed by atoms with Gasteiger partial charge >= 0.3 is 0 Å². The van der Waals surface area contributed by atoms with Crippen molar-refractivity contribution >= 4 is 11.6 Å². The number of methoxy groups -OCH3 is 2. The van der Waals surface area contributed by atoms with Crippen LogP contribution in [0, 0.1) is 0 Å². The number of hydrogen-bond donors (Lipinski definition) is 2. The van der Waals surface area contributed by atoms with Crippen LogP contribution in [-0.4, -0.2) is 63.3 Å². The molecule has 0 saturated carbocycles. The highest BCUT2D eigenvalue weighted by Gasteiger charge is 2.13. The highest BCUT2D eigenvalue weighted by molar-refractivity contribution is 5.93. The molecule has 11 nitrogen and oxygen atoms in total. The third-order valence-electron chi connectivity index (χ3n) is 5.41. The highest BCUT2D eigenvalue weighted by Crippen LogP contribution is 2.23. The second-order valence-corrected chi connectivity index (χ2v) is 7.70. The van der Waals surface area contributed by atoms with Gasteiger partial charge in [0.25, 0.3) is 5.91 Å². The fraction of sp³-hybridized carbons (Fsp3) is 0.160. The Morgan fingerprint density at radius 3 is 2.58 bits per heavy atom. The summed E-state index contributed by atoms with van der Waals surface area (Å²) in [7, 11) is 3.22. The lowest BCUT2D eigenvalue weighted by Crippen LogP contribution is -2.28. The van der Waals surface area contributed by atoms with Crippen LogP contribution in [0.4, 0.5) is 0 Å². The molecule has 182 valence electrons. The van der Waals surface area contributed by atoms with Crippen molar-refractivity contribution in [2.75, 3.05) is 27.4 Å². The summed E-state index contributed by atoms with van der Waals surface area (Å²) in [4.78, 5) is 12.5. The number of amides is 1. The summed E-state index contributed by atoms with van der Waals surface area (Å²) in [5.74, 6) is 2.14. The van der Waals surface area contributed by atoms with Gasteiger partial charge in [-0.05, 0) is 48.5 Å². The Morgan fingerprint density at radius 1 is 0.944 bits per heavy atom. The molecule has 0 atom stereocenters. The molecule has 11 heteroatoms. The maximum absolute atomic E-state index is 12.5. The van der Waals surface area contributed by atoms with Crippen molar-refractivity contribution in [2.24, 2.45) is 0 Å². The van der Waals surface area contributed by atoms with Gasteiger partial charge in [0.1, 0.15) is 23.8 Å². The van der Waals surface area contributed by atoms with Gasteiger partial charge < -0.3 is 19.5 Å². The fourth-order valence-electron chi connectivity index (χ4n) is 3.55. The first-order valence-corrected chi connectivity index (χ1v) is 11.1. The summed E-state index contributed by atoms with van der Waals surface area (Å²) >= 11 is 0. The molecule has 0 aliphatic heterocycles. The molecule has 0 aliphatic rings. The van der Waals surface area contributed by atoms with E-state index in [4.69, 9.17) is 14.2 Å². The molecule has 0 spiro atoms. The number of benzene rings is 2. The van der Waals surface area contributed by atoms with E-state index in [2.05, 4.69) is 30.8 Å². The number of fused-ring (bicyclic) bond motifs is 1. The largest absolute Gasteiger partial charge is 0.497 e. The molecule has 1 amide bonds. The summed E-state index contributed by atoms with van der Waals surface area (Å²) < 4.78 is 17.8. The predicted molar refractivity (Wildman–Crippen MR) is 131 cm³/mol. The first kappa shape index (κ1) is 22.8. The molecule has 0 aliphatic carbocycles. The minimum absolute atomic E-state index is 0.223. The van der Waals surface area contributed by atoms with Gasteiger partial charge in [-0.2, -0.15) is 9.61 Å². The van der Waals surface area contributed by atoms with Crippen LogP contribution in [-0.2, 0) is 0 Å². The van der Waals surface area contributed by atoms with Gasteiger partial charge in [0.05, 0.1) is 26.5 Å². The van der Waals surface area contributed by atoms with Crippen molar-refractivity contribution in [3.8, 4) is 40.0 Å². The van der Waals surface area contributed by atoms with Crippen molar-refractivity contribution in [3.05, 3.63) is 72.4 Å². The van der Waals surface area contributed by atoms with E-state index in [0.29, 0.717) is 34.5 Å². The van der Waals surface area contributed by atoms with Gasteiger partial charge in [0.2, 0.25) is 5.88 Å². The lowest BCUT2D eigenvalue weighted by molar-refractivity contribution is 0.0941. The van der Waals surface area contributed by atoms with E-state index in [9.17, 15) is 4.79 Å². The smallest absolute Gasteiger partial charge is 0.269 e. The molecular formula is C25H23N7O4. The van der Waals surface area contributed by atoms with Gasteiger partial charge in [-0.15, -0.1) is 15.3 Å². The van der Waals surface area contributed by atoms with Crippen LogP contribution in [0.3, 0.4) is 0 Å². The Bertz CT molecular complexity index is 1490. The van der Waals surface area contributed by atoms with Crippen LogP contribution >= 0.6 is 0 Å². The Morgan fingerprint density at radius 2 is 1.78 bits per heavy atom. The minimum Gasteiger partial charge on any atom is -0.497 e. The maximum Gasteiger partial charge on any atom is 0.269 e. The molecule has 0 bridgehead atoms. The van der Waals surface area contributed by atoms with E-state index in [-0.39, 0.29) is 19.1 Å². The van der Waals surface area contributed by atoms with E-state index in [1.54, 1.807) is 36.9 Å². The van der Waals surface area contributed by atoms with E-state index >= 15 is 0 Å². The van der Waals surface area contributed by atoms with Gasteiger partial charge in [-0.25, -0.2) is 0 Å². The predicted octanol–water partition coefficient (Wildman–Crippen LogP) is 3.01. The number of nitrogens with zero attached hydrogens (tertiary/aromatic N) is 5. The number of hydrogen-bond acceptors (Lipinski definition) is 8. The van der Waals surface area contributed by atoms with E-state index in [1.165, 1.54) is 0 Å². The van der Waals surface area contributed by atoms with Crippen molar-refractivity contribution in [1.82, 2.24) is 35.3 Å². The summed E-state index contributed by atoms with van der Waals surface area (Å²) in [6, 6.07) is 20.1. The first-order chi connectivity index (χ1) is 17.6. The van der Waals surface area contributed by atoms with Crippen molar-refractivity contribution in [2.45, 2.75) is 0 Å². The van der Waals surface area contributed by atoms with Crippen LogP contribution in [0.2, 0.25) is 0 Å².